The first kappa shape index (κ1) is 17.3. The topological polar surface area (TPSA) is 59.2 Å². The van der Waals surface area contributed by atoms with Crippen LogP contribution in [0.15, 0.2) is 34.9 Å². The summed E-state index contributed by atoms with van der Waals surface area (Å²) < 4.78 is 5.11. The third-order valence-corrected chi connectivity index (χ3v) is 6.01. The summed E-state index contributed by atoms with van der Waals surface area (Å²) in [6.45, 7) is 3.39. The number of hydrogen-bond acceptors (Lipinski definition) is 4. The molecule has 0 unspecified atom stereocenters. The molecule has 5 heteroatoms. The summed E-state index contributed by atoms with van der Waals surface area (Å²) in [4.78, 5) is 19.8. The van der Waals surface area contributed by atoms with Crippen molar-refractivity contribution in [2.24, 2.45) is 5.92 Å². The van der Waals surface area contributed by atoms with Gasteiger partial charge in [-0.25, -0.2) is 0 Å². The van der Waals surface area contributed by atoms with Gasteiger partial charge in [0.15, 0.2) is 5.82 Å². The number of hydrogen-bond donors (Lipinski definition) is 0. The summed E-state index contributed by atoms with van der Waals surface area (Å²) in [6.07, 6.45) is 6.67. The fourth-order valence-corrected chi connectivity index (χ4v) is 4.60. The quantitative estimate of drug-likeness (QED) is 0.832. The van der Waals surface area contributed by atoms with Crippen molar-refractivity contribution in [3.8, 4) is 0 Å². The Labute approximate surface area is 154 Å². The summed E-state index contributed by atoms with van der Waals surface area (Å²) in [6, 6.07) is 10.4. The van der Waals surface area contributed by atoms with Gasteiger partial charge in [0, 0.05) is 25.9 Å². The third-order valence-electron chi connectivity index (χ3n) is 6.01. The molecular weight excluding hydrogens is 326 g/mol. The maximum absolute atomic E-state index is 13.4. The Bertz CT molecular complexity index is 729. The maximum Gasteiger partial charge on any atom is 0.230 e. The predicted molar refractivity (Wildman–Crippen MR) is 98.7 cm³/mol. The molecule has 1 atom stereocenters. The molecule has 1 aliphatic heterocycles. The number of carbonyl (C=O) groups is 1. The van der Waals surface area contributed by atoms with Crippen LogP contribution < -0.4 is 0 Å². The van der Waals surface area contributed by atoms with Crippen LogP contribution in [0.5, 0.6) is 0 Å². The molecule has 0 N–H and O–H groups in total. The SMILES string of the molecule is Cc1nc(C2CCN(C(=O)[C@@H](c3ccccc3)C3CCCC3)CC2)no1. The Morgan fingerprint density at radius 1 is 1.12 bits per heavy atom. The second kappa shape index (κ2) is 7.60. The molecule has 0 radical (unpaired) electrons. The van der Waals surface area contributed by atoms with Crippen LogP contribution in [0.4, 0.5) is 0 Å². The van der Waals surface area contributed by atoms with E-state index in [1.807, 2.05) is 13.0 Å². The van der Waals surface area contributed by atoms with E-state index in [1.165, 1.54) is 31.2 Å². The Balaban J connectivity index is 1.46. The van der Waals surface area contributed by atoms with Crippen molar-refractivity contribution in [2.75, 3.05) is 13.1 Å². The molecule has 1 amide bonds. The molecule has 2 fully saturated rings. The van der Waals surface area contributed by atoms with E-state index >= 15 is 0 Å². The van der Waals surface area contributed by atoms with Gasteiger partial charge in [-0.05, 0) is 37.2 Å². The lowest BCUT2D eigenvalue weighted by atomic mass is 9.83. The highest BCUT2D eigenvalue weighted by atomic mass is 16.5. The van der Waals surface area contributed by atoms with E-state index in [9.17, 15) is 4.79 Å². The van der Waals surface area contributed by atoms with Crippen molar-refractivity contribution in [1.29, 1.82) is 0 Å². The molecule has 1 saturated carbocycles. The minimum atomic E-state index is 0.0164. The van der Waals surface area contributed by atoms with E-state index in [0.717, 1.165) is 31.8 Å². The average Bonchev–Trinajstić information content (AvgIpc) is 3.35. The lowest BCUT2D eigenvalue weighted by molar-refractivity contribution is -0.135. The summed E-state index contributed by atoms with van der Waals surface area (Å²) >= 11 is 0. The van der Waals surface area contributed by atoms with Gasteiger partial charge < -0.3 is 9.42 Å². The molecular formula is C21H27N3O2. The van der Waals surface area contributed by atoms with E-state index in [-0.39, 0.29) is 5.92 Å². The number of aryl methyl sites for hydroxylation is 1. The Hall–Kier alpha value is -2.17. The number of likely N-dealkylation sites (tertiary alicyclic amines) is 1. The lowest BCUT2D eigenvalue weighted by Gasteiger charge is -2.35. The summed E-state index contributed by atoms with van der Waals surface area (Å²) in [5.41, 5.74) is 1.18. The van der Waals surface area contributed by atoms with Gasteiger partial charge in [0.25, 0.3) is 0 Å². The van der Waals surface area contributed by atoms with Crippen LogP contribution in [-0.2, 0) is 4.79 Å². The van der Waals surface area contributed by atoms with Gasteiger partial charge in [0.1, 0.15) is 0 Å². The molecule has 5 nitrogen and oxygen atoms in total. The Kier molecular flexibility index (Phi) is 5.05. The molecule has 2 heterocycles. The monoisotopic (exact) mass is 353 g/mol. The molecule has 1 saturated heterocycles. The molecule has 0 spiro atoms. The molecule has 2 aromatic rings. The van der Waals surface area contributed by atoms with Gasteiger partial charge in [0.05, 0.1) is 5.92 Å². The number of benzene rings is 1. The zero-order valence-electron chi connectivity index (χ0n) is 15.4. The first-order valence-corrected chi connectivity index (χ1v) is 9.86. The number of amides is 1. The van der Waals surface area contributed by atoms with Gasteiger partial charge in [-0.3, -0.25) is 4.79 Å². The number of nitrogens with zero attached hydrogens (tertiary/aromatic N) is 3. The minimum absolute atomic E-state index is 0.0164. The fraction of sp³-hybridized carbons (Fsp3) is 0.571. The highest BCUT2D eigenvalue weighted by Gasteiger charge is 2.36. The standard InChI is InChI=1S/C21H27N3O2/c1-15-22-20(23-26-15)18-11-13-24(14-12-18)21(25)19(17-9-5-6-10-17)16-7-3-2-4-8-16/h2-4,7-8,17-19H,5-6,9-14H2,1H3/t19-/m0/s1. The van der Waals surface area contributed by atoms with Crippen LogP contribution in [0, 0.1) is 12.8 Å². The molecule has 1 aromatic carbocycles. The first-order chi connectivity index (χ1) is 12.7. The van der Waals surface area contributed by atoms with Gasteiger partial charge in [-0.15, -0.1) is 0 Å². The van der Waals surface area contributed by atoms with Crippen molar-refractivity contribution >= 4 is 5.91 Å². The van der Waals surface area contributed by atoms with E-state index in [0.29, 0.717) is 23.6 Å². The van der Waals surface area contributed by atoms with Gasteiger partial charge in [-0.2, -0.15) is 4.98 Å². The molecule has 138 valence electrons. The van der Waals surface area contributed by atoms with E-state index < -0.39 is 0 Å². The zero-order valence-corrected chi connectivity index (χ0v) is 15.4. The predicted octanol–water partition coefficient (Wildman–Crippen LogP) is 4.06. The third kappa shape index (κ3) is 3.53. The smallest absolute Gasteiger partial charge is 0.230 e. The zero-order chi connectivity index (χ0) is 17.9. The minimum Gasteiger partial charge on any atom is -0.342 e. The van der Waals surface area contributed by atoms with Crippen molar-refractivity contribution in [3.05, 3.63) is 47.6 Å². The summed E-state index contributed by atoms with van der Waals surface area (Å²) in [7, 11) is 0. The first-order valence-electron chi connectivity index (χ1n) is 9.86. The highest BCUT2D eigenvalue weighted by Crippen LogP contribution is 2.39. The molecule has 26 heavy (non-hydrogen) atoms. The van der Waals surface area contributed by atoms with Crippen LogP contribution in [0.2, 0.25) is 0 Å². The van der Waals surface area contributed by atoms with Crippen LogP contribution >= 0.6 is 0 Å². The van der Waals surface area contributed by atoms with Crippen molar-refractivity contribution in [3.63, 3.8) is 0 Å². The molecule has 1 aromatic heterocycles. The maximum atomic E-state index is 13.4. The van der Waals surface area contributed by atoms with Crippen molar-refractivity contribution < 1.29 is 9.32 Å². The summed E-state index contributed by atoms with van der Waals surface area (Å²) in [5.74, 6) is 2.53. The van der Waals surface area contributed by atoms with Crippen LogP contribution in [0.1, 0.15) is 67.6 Å². The Morgan fingerprint density at radius 3 is 2.42 bits per heavy atom. The van der Waals surface area contributed by atoms with Crippen molar-refractivity contribution in [2.45, 2.75) is 57.3 Å². The van der Waals surface area contributed by atoms with E-state index in [1.54, 1.807) is 0 Å². The van der Waals surface area contributed by atoms with E-state index in [2.05, 4.69) is 39.3 Å². The van der Waals surface area contributed by atoms with Crippen molar-refractivity contribution in [1.82, 2.24) is 15.0 Å². The lowest BCUT2D eigenvalue weighted by Crippen LogP contribution is -2.42. The second-order valence-electron chi connectivity index (χ2n) is 7.70. The molecule has 2 aliphatic rings. The largest absolute Gasteiger partial charge is 0.342 e. The second-order valence-corrected chi connectivity index (χ2v) is 7.70. The highest BCUT2D eigenvalue weighted by molar-refractivity contribution is 5.84. The number of carbonyl (C=O) groups excluding carboxylic acids is 1. The molecule has 1 aliphatic carbocycles. The average molecular weight is 353 g/mol. The van der Waals surface area contributed by atoms with Gasteiger partial charge >= 0.3 is 0 Å². The fourth-order valence-electron chi connectivity index (χ4n) is 4.60. The van der Waals surface area contributed by atoms with E-state index in [4.69, 9.17) is 4.52 Å². The van der Waals surface area contributed by atoms with Gasteiger partial charge in [-0.1, -0.05) is 48.3 Å². The normalized spacial score (nSPS) is 20.4. The summed E-state index contributed by atoms with van der Waals surface area (Å²) in [5, 5.41) is 4.07. The van der Waals surface area contributed by atoms with Crippen LogP contribution in [0.3, 0.4) is 0 Å². The molecule has 0 bridgehead atoms. The number of aromatic nitrogens is 2. The molecule has 4 rings (SSSR count). The number of piperidine rings is 1. The van der Waals surface area contributed by atoms with Gasteiger partial charge in [0.2, 0.25) is 11.8 Å². The number of rotatable bonds is 4. The van der Waals surface area contributed by atoms with Crippen LogP contribution in [-0.4, -0.2) is 34.0 Å². The Morgan fingerprint density at radius 2 is 1.81 bits per heavy atom. The van der Waals surface area contributed by atoms with Crippen LogP contribution in [0.25, 0.3) is 0 Å².